The van der Waals surface area contributed by atoms with Crippen molar-refractivity contribution in [1.29, 1.82) is 0 Å². The Bertz CT molecular complexity index is 288. The molecule has 1 rings (SSSR count). The molecule has 2 nitrogen and oxygen atoms in total. The summed E-state index contributed by atoms with van der Waals surface area (Å²) in [5.41, 5.74) is 7.68. The lowest BCUT2D eigenvalue weighted by molar-refractivity contribution is 0.439. The zero-order valence-electron chi connectivity index (χ0n) is 10.1. The number of unbranched alkanes of at least 4 members (excludes halogenated alkanes) is 2. The topological polar surface area (TPSA) is 38.9 Å². The summed E-state index contributed by atoms with van der Waals surface area (Å²) in [5.74, 6) is 0. The summed E-state index contributed by atoms with van der Waals surface area (Å²) in [6.07, 6.45) is 6.79. The van der Waals surface area contributed by atoms with Crippen molar-refractivity contribution in [3.8, 4) is 0 Å². The first-order valence-corrected chi connectivity index (χ1v) is 5.78. The van der Waals surface area contributed by atoms with Crippen LogP contribution < -0.4 is 5.73 Å². The highest BCUT2D eigenvalue weighted by atomic mass is 14.7. The van der Waals surface area contributed by atoms with E-state index in [2.05, 4.69) is 25.8 Å². The van der Waals surface area contributed by atoms with Crippen LogP contribution in [0.25, 0.3) is 0 Å². The summed E-state index contributed by atoms with van der Waals surface area (Å²) in [6.45, 7) is 6.73. The lowest BCUT2D eigenvalue weighted by atomic mass is 9.83. The molecule has 0 fully saturated rings. The van der Waals surface area contributed by atoms with E-state index in [0.29, 0.717) is 0 Å². The number of anilines is 1. The third-order valence-corrected chi connectivity index (χ3v) is 2.89. The van der Waals surface area contributed by atoms with Crippen LogP contribution in [0.5, 0.6) is 0 Å². The summed E-state index contributed by atoms with van der Waals surface area (Å²) in [5, 5.41) is 0. The van der Waals surface area contributed by atoms with E-state index in [-0.39, 0.29) is 5.41 Å². The lowest BCUT2D eigenvalue weighted by Crippen LogP contribution is -2.18. The molecule has 0 amide bonds. The summed E-state index contributed by atoms with van der Waals surface area (Å²) >= 11 is 0. The molecule has 2 N–H and O–H groups in total. The van der Waals surface area contributed by atoms with E-state index in [9.17, 15) is 0 Å². The van der Waals surface area contributed by atoms with Crippen molar-refractivity contribution in [2.45, 2.75) is 51.9 Å². The largest absolute Gasteiger partial charge is 0.397 e. The van der Waals surface area contributed by atoms with Crippen molar-refractivity contribution < 1.29 is 0 Å². The third kappa shape index (κ3) is 3.54. The minimum Gasteiger partial charge on any atom is -0.397 e. The lowest BCUT2D eigenvalue weighted by Gasteiger charge is -2.23. The molecule has 0 atom stereocenters. The zero-order chi connectivity index (χ0) is 11.3. The first-order chi connectivity index (χ1) is 7.06. The van der Waals surface area contributed by atoms with Gasteiger partial charge >= 0.3 is 0 Å². The molecular weight excluding hydrogens is 184 g/mol. The van der Waals surface area contributed by atoms with Gasteiger partial charge < -0.3 is 5.73 Å². The minimum atomic E-state index is 0.170. The first-order valence-electron chi connectivity index (χ1n) is 5.78. The highest BCUT2D eigenvalue weighted by Crippen LogP contribution is 2.27. The van der Waals surface area contributed by atoms with Crippen LogP contribution in [-0.4, -0.2) is 4.98 Å². The number of nitrogens with two attached hydrogens (primary N) is 1. The van der Waals surface area contributed by atoms with E-state index in [1.165, 1.54) is 25.7 Å². The average Bonchev–Trinajstić information content (AvgIpc) is 2.18. The second-order valence-corrected chi connectivity index (χ2v) is 4.82. The van der Waals surface area contributed by atoms with Crippen LogP contribution in [0.4, 0.5) is 5.69 Å². The van der Waals surface area contributed by atoms with Gasteiger partial charge in [0.15, 0.2) is 0 Å². The summed E-state index contributed by atoms with van der Waals surface area (Å²) < 4.78 is 0. The predicted molar refractivity (Wildman–Crippen MR) is 65.8 cm³/mol. The molecule has 0 saturated heterocycles. The normalized spacial score (nSPS) is 11.7. The molecule has 0 unspecified atom stereocenters. The molecule has 2 heteroatoms. The maximum atomic E-state index is 5.63. The predicted octanol–water partition coefficient (Wildman–Crippen LogP) is 3.52. The maximum Gasteiger partial charge on any atom is 0.0501 e. The standard InChI is InChI=1S/C13H22N2/c1-4-5-6-9-13(2,3)12-8-7-11(14)10-15-12/h7-8,10H,4-6,9,14H2,1-3H3. The van der Waals surface area contributed by atoms with Crippen LogP contribution in [0.1, 0.15) is 52.1 Å². The van der Waals surface area contributed by atoms with Gasteiger partial charge in [0, 0.05) is 11.1 Å². The molecule has 0 aliphatic carbocycles. The van der Waals surface area contributed by atoms with Gasteiger partial charge in [-0.25, -0.2) is 0 Å². The van der Waals surface area contributed by atoms with Gasteiger partial charge in [-0.3, -0.25) is 4.98 Å². The van der Waals surface area contributed by atoms with Gasteiger partial charge in [-0.05, 0) is 18.6 Å². The van der Waals surface area contributed by atoms with E-state index in [1.807, 2.05) is 12.1 Å². The quantitative estimate of drug-likeness (QED) is 0.749. The Morgan fingerprint density at radius 3 is 2.53 bits per heavy atom. The number of rotatable bonds is 5. The van der Waals surface area contributed by atoms with Crippen molar-refractivity contribution in [1.82, 2.24) is 4.98 Å². The highest BCUT2D eigenvalue weighted by molar-refractivity contribution is 5.35. The molecule has 0 aliphatic rings. The van der Waals surface area contributed by atoms with Crippen molar-refractivity contribution in [2.75, 3.05) is 5.73 Å². The van der Waals surface area contributed by atoms with Crippen LogP contribution in [0.2, 0.25) is 0 Å². The Morgan fingerprint density at radius 2 is 2.00 bits per heavy atom. The van der Waals surface area contributed by atoms with Crippen LogP contribution >= 0.6 is 0 Å². The van der Waals surface area contributed by atoms with Gasteiger partial charge in [0.2, 0.25) is 0 Å². The molecule has 0 bridgehead atoms. The molecule has 0 saturated carbocycles. The highest BCUT2D eigenvalue weighted by Gasteiger charge is 2.20. The molecule has 0 spiro atoms. The summed E-state index contributed by atoms with van der Waals surface area (Å²) in [7, 11) is 0. The summed E-state index contributed by atoms with van der Waals surface area (Å²) in [4.78, 5) is 4.40. The van der Waals surface area contributed by atoms with Gasteiger partial charge in [-0.1, -0.05) is 40.0 Å². The number of pyridine rings is 1. The second kappa shape index (κ2) is 5.15. The Kier molecular flexibility index (Phi) is 4.13. The van der Waals surface area contributed by atoms with Crippen molar-refractivity contribution >= 4 is 5.69 Å². The van der Waals surface area contributed by atoms with E-state index >= 15 is 0 Å². The maximum absolute atomic E-state index is 5.63. The van der Waals surface area contributed by atoms with Gasteiger partial charge in [0.1, 0.15) is 0 Å². The van der Waals surface area contributed by atoms with Gasteiger partial charge in [-0.15, -0.1) is 0 Å². The number of hydrogen-bond donors (Lipinski definition) is 1. The van der Waals surface area contributed by atoms with Crippen LogP contribution in [0.3, 0.4) is 0 Å². The van der Waals surface area contributed by atoms with Crippen molar-refractivity contribution in [3.05, 3.63) is 24.0 Å². The average molecular weight is 206 g/mol. The fourth-order valence-corrected chi connectivity index (χ4v) is 1.75. The van der Waals surface area contributed by atoms with Crippen molar-refractivity contribution in [3.63, 3.8) is 0 Å². The number of nitrogen functional groups attached to an aromatic ring is 1. The van der Waals surface area contributed by atoms with Crippen molar-refractivity contribution in [2.24, 2.45) is 0 Å². The molecule has 1 aromatic rings. The second-order valence-electron chi connectivity index (χ2n) is 4.82. The first kappa shape index (κ1) is 12.0. The van der Waals surface area contributed by atoms with Crippen LogP contribution in [0, 0.1) is 0 Å². The Balaban J connectivity index is 2.63. The summed E-state index contributed by atoms with van der Waals surface area (Å²) in [6, 6.07) is 3.98. The number of hydrogen-bond acceptors (Lipinski definition) is 2. The molecule has 0 aromatic carbocycles. The van der Waals surface area contributed by atoms with Gasteiger partial charge in [0.25, 0.3) is 0 Å². The molecule has 0 aliphatic heterocycles. The van der Waals surface area contributed by atoms with E-state index in [0.717, 1.165) is 11.4 Å². The molecule has 84 valence electrons. The minimum absolute atomic E-state index is 0.170. The van der Waals surface area contributed by atoms with Gasteiger partial charge in [-0.2, -0.15) is 0 Å². The fourth-order valence-electron chi connectivity index (χ4n) is 1.75. The zero-order valence-corrected chi connectivity index (χ0v) is 10.1. The smallest absolute Gasteiger partial charge is 0.0501 e. The molecule has 1 aromatic heterocycles. The number of nitrogens with zero attached hydrogens (tertiary/aromatic N) is 1. The number of aromatic nitrogens is 1. The molecule has 0 radical (unpaired) electrons. The molecular formula is C13H22N2. The Morgan fingerprint density at radius 1 is 1.27 bits per heavy atom. The van der Waals surface area contributed by atoms with E-state index < -0.39 is 0 Å². The molecule has 1 heterocycles. The monoisotopic (exact) mass is 206 g/mol. The van der Waals surface area contributed by atoms with E-state index in [1.54, 1.807) is 6.20 Å². The fraction of sp³-hybridized carbons (Fsp3) is 0.615. The Labute approximate surface area is 92.9 Å². The van der Waals surface area contributed by atoms with E-state index in [4.69, 9.17) is 5.73 Å². The van der Waals surface area contributed by atoms with Crippen LogP contribution in [-0.2, 0) is 5.41 Å². The SMILES string of the molecule is CCCCCC(C)(C)c1ccc(N)cn1. The molecule has 15 heavy (non-hydrogen) atoms. The van der Waals surface area contributed by atoms with Gasteiger partial charge in [0.05, 0.1) is 11.9 Å². The van der Waals surface area contributed by atoms with Crippen LogP contribution in [0.15, 0.2) is 18.3 Å². The third-order valence-electron chi connectivity index (χ3n) is 2.89. The Hall–Kier alpha value is -1.05.